The summed E-state index contributed by atoms with van der Waals surface area (Å²) in [5.74, 6) is 1.69. The summed E-state index contributed by atoms with van der Waals surface area (Å²) >= 11 is 0. The number of nitrogens with zero attached hydrogens (tertiary/aromatic N) is 3. The van der Waals surface area contributed by atoms with E-state index in [1.807, 2.05) is 54.7 Å². The summed E-state index contributed by atoms with van der Waals surface area (Å²) in [5, 5.41) is 4.56. The van der Waals surface area contributed by atoms with E-state index < -0.39 is 0 Å². The fourth-order valence-electron chi connectivity index (χ4n) is 5.51. The van der Waals surface area contributed by atoms with Gasteiger partial charge in [0.05, 0.1) is 11.0 Å². The summed E-state index contributed by atoms with van der Waals surface area (Å²) < 4.78 is 8.57. The highest BCUT2D eigenvalue weighted by atomic mass is 16.3. The third-order valence-corrected chi connectivity index (χ3v) is 7.25. The predicted molar refractivity (Wildman–Crippen MR) is 155 cm³/mol. The number of benzene rings is 5. The summed E-state index contributed by atoms with van der Waals surface area (Å²) in [6.45, 7) is 0. The zero-order valence-corrected chi connectivity index (χ0v) is 20.4. The Morgan fingerprint density at radius 1 is 0.605 bits per heavy atom. The molecule has 3 aromatic heterocycles. The fourth-order valence-corrected chi connectivity index (χ4v) is 5.51. The fraction of sp³-hybridized carbons (Fsp3) is 0. The average molecular weight is 488 g/mol. The number of fused-ring (bicyclic) bond motifs is 5. The van der Waals surface area contributed by atoms with Crippen LogP contribution in [0.15, 0.2) is 132 Å². The van der Waals surface area contributed by atoms with Gasteiger partial charge in [-0.15, -0.1) is 0 Å². The first-order valence-electron chi connectivity index (χ1n) is 12.7. The second kappa shape index (κ2) is 8.15. The second-order valence-corrected chi connectivity index (χ2v) is 9.48. The molecule has 0 amide bonds. The lowest BCUT2D eigenvalue weighted by Gasteiger charge is -2.11. The molecule has 0 fully saturated rings. The molecule has 0 bridgehead atoms. The predicted octanol–water partition coefficient (Wildman–Crippen LogP) is 8.81. The summed E-state index contributed by atoms with van der Waals surface area (Å²) in [6, 6.07) is 41.6. The Kier molecular flexibility index (Phi) is 4.49. The van der Waals surface area contributed by atoms with E-state index >= 15 is 0 Å². The second-order valence-electron chi connectivity index (χ2n) is 9.48. The van der Waals surface area contributed by atoms with Crippen molar-refractivity contribution in [2.75, 3.05) is 0 Å². The number of furan rings is 1. The summed E-state index contributed by atoms with van der Waals surface area (Å²) in [7, 11) is 0. The van der Waals surface area contributed by atoms with Crippen LogP contribution < -0.4 is 0 Å². The lowest BCUT2D eigenvalue weighted by atomic mass is 9.96. The lowest BCUT2D eigenvalue weighted by molar-refractivity contribution is 0.670. The smallest absolute Gasteiger partial charge is 0.146 e. The summed E-state index contributed by atoms with van der Waals surface area (Å²) in [6.07, 6.45) is 1.95. The molecule has 4 nitrogen and oxygen atoms in total. The molecule has 0 atom stereocenters. The van der Waals surface area contributed by atoms with Crippen LogP contribution in [-0.4, -0.2) is 14.5 Å². The molecule has 0 saturated heterocycles. The van der Waals surface area contributed by atoms with Gasteiger partial charge in [0, 0.05) is 33.7 Å². The molecule has 5 aromatic carbocycles. The lowest BCUT2D eigenvalue weighted by Crippen LogP contribution is -2.00. The number of rotatable bonds is 3. The molecule has 3 heterocycles. The van der Waals surface area contributed by atoms with Crippen LogP contribution in [-0.2, 0) is 0 Å². The largest absolute Gasteiger partial charge is 0.455 e. The van der Waals surface area contributed by atoms with Crippen LogP contribution >= 0.6 is 0 Å². The Bertz CT molecular complexity index is 2120. The molecule has 38 heavy (non-hydrogen) atoms. The van der Waals surface area contributed by atoms with Crippen molar-refractivity contribution in [1.82, 2.24) is 14.5 Å². The van der Waals surface area contributed by atoms with Crippen LogP contribution in [0.4, 0.5) is 0 Å². The van der Waals surface area contributed by atoms with Gasteiger partial charge in [-0.3, -0.25) is 4.57 Å². The standard InChI is InChI=1S/C34H21N3O/c1-2-10-22(11-3-1)34-36-28-15-7-8-16-29(28)37(34)31-19-18-24(21-35-31)32-25-13-5-4-12-23(25)20-27-26-14-6-9-17-30(26)38-33(27)32/h1-21H. The highest BCUT2D eigenvalue weighted by Crippen LogP contribution is 2.41. The first kappa shape index (κ1) is 20.9. The minimum atomic E-state index is 0.822. The summed E-state index contributed by atoms with van der Waals surface area (Å²) in [5.41, 5.74) is 6.87. The van der Waals surface area contributed by atoms with Gasteiger partial charge in [-0.2, -0.15) is 0 Å². The van der Waals surface area contributed by atoms with E-state index in [4.69, 9.17) is 14.4 Å². The van der Waals surface area contributed by atoms with E-state index in [1.54, 1.807) is 0 Å². The maximum Gasteiger partial charge on any atom is 0.146 e. The van der Waals surface area contributed by atoms with Gasteiger partial charge < -0.3 is 4.42 Å². The zero-order chi connectivity index (χ0) is 25.1. The molecule has 0 N–H and O–H groups in total. The Morgan fingerprint density at radius 3 is 2.24 bits per heavy atom. The van der Waals surface area contributed by atoms with Crippen molar-refractivity contribution < 1.29 is 4.42 Å². The van der Waals surface area contributed by atoms with E-state index in [-0.39, 0.29) is 0 Å². The van der Waals surface area contributed by atoms with Crippen LogP contribution in [0.5, 0.6) is 0 Å². The molecule has 178 valence electrons. The maximum atomic E-state index is 6.44. The van der Waals surface area contributed by atoms with Gasteiger partial charge in [-0.25, -0.2) is 9.97 Å². The van der Waals surface area contributed by atoms with Gasteiger partial charge >= 0.3 is 0 Å². The molecular weight excluding hydrogens is 466 g/mol. The van der Waals surface area contributed by atoms with Gasteiger partial charge in [-0.05, 0) is 47.2 Å². The van der Waals surface area contributed by atoms with Crippen molar-refractivity contribution in [3.8, 4) is 28.3 Å². The van der Waals surface area contributed by atoms with Crippen LogP contribution in [0.2, 0.25) is 0 Å². The highest BCUT2D eigenvalue weighted by molar-refractivity contribution is 6.18. The monoisotopic (exact) mass is 487 g/mol. The Labute approximate surface area is 218 Å². The van der Waals surface area contributed by atoms with Gasteiger partial charge in [0.15, 0.2) is 0 Å². The normalized spacial score (nSPS) is 11.7. The maximum absolute atomic E-state index is 6.44. The molecule has 0 radical (unpaired) electrons. The van der Waals surface area contributed by atoms with Gasteiger partial charge in [0.25, 0.3) is 0 Å². The molecule has 0 aliphatic heterocycles. The first-order valence-corrected chi connectivity index (χ1v) is 12.7. The van der Waals surface area contributed by atoms with Crippen LogP contribution in [0.25, 0.3) is 72.1 Å². The van der Waals surface area contributed by atoms with Crippen molar-refractivity contribution in [3.63, 3.8) is 0 Å². The van der Waals surface area contributed by atoms with E-state index in [1.165, 1.54) is 5.39 Å². The first-order chi connectivity index (χ1) is 18.8. The molecule has 0 aliphatic rings. The number of pyridine rings is 1. The SMILES string of the molecule is c1ccc(-c2nc3ccccc3n2-c2ccc(-c3c4ccccc4cc4c3oc3ccccc34)cn2)cc1. The number of hydrogen-bond donors (Lipinski definition) is 0. The van der Waals surface area contributed by atoms with Crippen molar-refractivity contribution in [3.05, 3.63) is 128 Å². The van der Waals surface area contributed by atoms with Crippen LogP contribution in [0.3, 0.4) is 0 Å². The Morgan fingerprint density at radius 2 is 1.37 bits per heavy atom. The Balaban J connectivity index is 1.36. The van der Waals surface area contributed by atoms with Gasteiger partial charge in [-0.1, -0.05) is 84.9 Å². The molecule has 0 unspecified atom stereocenters. The molecule has 0 saturated carbocycles. The van der Waals surface area contributed by atoms with Crippen molar-refractivity contribution in [2.24, 2.45) is 0 Å². The molecule has 0 aliphatic carbocycles. The molecular formula is C34H21N3O. The number of aromatic nitrogens is 3. The van der Waals surface area contributed by atoms with E-state index in [0.717, 1.165) is 66.7 Å². The average Bonchev–Trinajstić information content (AvgIpc) is 3.55. The van der Waals surface area contributed by atoms with E-state index in [2.05, 4.69) is 77.4 Å². The third kappa shape index (κ3) is 3.10. The van der Waals surface area contributed by atoms with Crippen molar-refractivity contribution in [2.45, 2.75) is 0 Å². The highest BCUT2D eigenvalue weighted by Gasteiger charge is 2.18. The van der Waals surface area contributed by atoms with E-state index in [9.17, 15) is 0 Å². The topological polar surface area (TPSA) is 43.9 Å². The van der Waals surface area contributed by atoms with Gasteiger partial charge in [0.1, 0.15) is 22.8 Å². The zero-order valence-electron chi connectivity index (χ0n) is 20.4. The third-order valence-electron chi connectivity index (χ3n) is 7.25. The Hall–Kier alpha value is -5.22. The van der Waals surface area contributed by atoms with Gasteiger partial charge in [0.2, 0.25) is 0 Å². The number of imidazole rings is 1. The van der Waals surface area contributed by atoms with E-state index in [0.29, 0.717) is 0 Å². The van der Waals surface area contributed by atoms with Crippen LogP contribution in [0.1, 0.15) is 0 Å². The summed E-state index contributed by atoms with van der Waals surface area (Å²) in [4.78, 5) is 9.94. The molecule has 0 spiro atoms. The molecule has 8 rings (SSSR count). The van der Waals surface area contributed by atoms with Crippen LogP contribution in [0, 0.1) is 0 Å². The molecule has 4 heteroatoms. The molecule has 8 aromatic rings. The van der Waals surface area contributed by atoms with Crippen molar-refractivity contribution in [1.29, 1.82) is 0 Å². The quantitative estimate of drug-likeness (QED) is 0.250. The minimum absolute atomic E-state index is 0.822. The number of para-hydroxylation sites is 3. The number of hydrogen-bond acceptors (Lipinski definition) is 3. The van der Waals surface area contributed by atoms with Crippen molar-refractivity contribution >= 4 is 43.7 Å². The minimum Gasteiger partial charge on any atom is -0.455 e.